The molecule has 1 aromatic rings. The molecule has 2 fully saturated rings. The molecule has 0 atom stereocenters. The fourth-order valence-electron chi connectivity index (χ4n) is 3.47. The first-order valence-corrected chi connectivity index (χ1v) is 7.97. The van der Waals surface area contributed by atoms with Gasteiger partial charge in [0, 0.05) is 31.2 Å². The van der Waals surface area contributed by atoms with Crippen LogP contribution in [0.2, 0.25) is 0 Å². The summed E-state index contributed by atoms with van der Waals surface area (Å²) in [5, 5.41) is 10.7. The molecule has 2 aliphatic rings. The number of nitrogens with zero attached hydrogens (tertiary/aromatic N) is 3. The average molecular weight is 307 g/mol. The molecule has 1 heterocycles. The van der Waals surface area contributed by atoms with Crippen molar-refractivity contribution in [2.45, 2.75) is 44.2 Å². The molecular weight excluding hydrogens is 285 g/mol. The van der Waals surface area contributed by atoms with Crippen LogP contribution in [0.1, 0.15) is 32.1 Å². The Labute approximate surface area is 129 Å². The summed E-state index contributed by atoms with van der Waals surface area (Å²) >= 11 is 0. The van der Waals surface area contributed by atoms with Crippen molar-refractivity contribution >= 4 is 11.4 Å². The minimum atomic E-state index is -0.563. The molecule has 0 spiro atoms. The predicted molar refractivity (Wildman–Crippen MR) is 83.7 cm³/mol. The second-order valence-electron chi connectivity index (χ2n) is 6.36. The standard InChI is InChI=1S/C16H22FN3O2/c1-18(12-3-2-4-12)13-7-9-19(10-8-13)16-6-5-14(20(21)22)11-15(16)17/h5-6,11-13H,2-4,7-10H2,1H3. The molecule has 0 bridgehead atoms. The number of anilines is 1. The quantitative estimate of drug-likeness (QED) is 0.633. The first-order valence-electron chi connectivity index (χ1n) is 7.97. The van der Waals surface area contributed by atoms with Gasteiger partial charge in [-0.15, -0.1) is 0 Å². The molecule has 3 rings (SSSR count). The van der Waals surface area contributed by atoms with Crippen LogP contribution >= 0.6 is 0 Å². The molecule has 0 N–H and O–H groups in total. The summed E-state index contributed by atoms with van der Waals surface area (Å²) < 4.78 is 14.1. The van der Waals surface area contributed by atoms with Gasteiger partial charge < -0.3 is 9.80 Å². The van der Waals surface area contributed by atoms with Crippen molar-refractivity contribution in [2.24, 2.45) is 0 Å². The predicted octanol–water partition coefficient (Wildman–Crippen LogP) is 3.19. The monoisotopic (exact) mass is 307 g/mol. The Hall–Kier alpha value is -1.69. The molecule has 120 valence electrons. The van der Waals surface area contributed by atoms with Crippen molar-refractivity contribution in [3.63, 3.8) is 0 Å². The van der Waals surface area contributed by atoms with Gasteiger partial charge in [-0.1, -0.05) is 6.42 Å². The van der Waals surface area contributed by atoms with E-state index in [1.165, 1.54) is 31.4 Å². The highest BCUT2D eigenvalue weighted by atomic mass is 19.1. The SMILES string of the molecule is CN(C1CCC1)C1CCN(c2ccc([N+](=O)[O-])cc2F)CC1. The normalized spacial score (nSPS) is 20.2. The van der Waals surface area contributed by atoms with Crippen LogP contribution in [0.3, 0.4) is 0 Å². The molecule has 1 aliphatic carbocycles. The minimum absolute atomic E-state index is 0.194. The highest BCUT2D eigenvalue weighted by Crippen LogP contribution is 2.31. The molecule has 5 nitrogen and oxygen atoms in total. The Bertz CT molecular complexity index is 554. The van der Waals surface area contributed by atoms with Crippen LogP contribution in [0.4, 0.5) is 15.8 Å². The van der Waals surface area contributed by atoms with Gasteiger partial charge in [-0.05, 0) is 38.8 Å². The third-order valence-corrected chi connectivity index (χ3v) is 5.17. The zero-order valence-electron chi connectivity index (χ0n) is 12.9. The Morgan fingerprint density at radius 1 is 1.23 bits per heavy atom. The highest BCUT2D eigenvalue weighted by molar-refractivity contribution is 5.52. The maximum absolute atomic E-state index is 14.1. The van der Waals surface area contributed by atoms with E-state index in [9.17, 15) is 14.5 Å². The Morgan fingerprint density at radius 2 is 1.86 bits per heavy atom. The average Bonchev–Trinajstić information content (AvgIpc) is 2.45. The number of rotatable bonds is 4. The molecule has 1 aromatic carbocycles. The molecule has 1 aliphatic heterocycles. The molecule has 1 saturated carbocycles. The summed E-state index contributed by atoms with van der Waals surface area (Å²) in [5.41, 5.74) is 0.288. The summed E-state index contributed by atoms with van der Waals surface area (Å²) in [6, 6.07) is 5.23. The lowest BCUT2D eigenvalue weighted by atomic mass is 9.89. The topological polar surface area (TPSA) is 49.6 Å². The van der Waals surface area contributed by atoms with Crippen LogP contribution in [0.15, 0.2) is 18.2 Å². The third kappa shape index (κ3) is 2.92. The number of hydrogen-bond donors (Lipinski definition) is 0. The van der Waals surface area contributed by atoms with E-state index in [1.807, 2.05) is 4.90 Å². The van der Waals surface area contributed by atoms with E-state index in [4.69, 9.17) is 0 Å². The fraction of sp³-hybridized carbons (Fsp3) is 0.625. The van der Waals surface area contributed by atoms with E-state index in [-0.39, 0.29) is 5.69 Å². The minimum Gasteiger partial charge on any atom is -0.369 e. The highest BCUT2D eigenvalue weighted by Gasteiger charge is 2.30. The summed E-state index contributed by atoms with van der Waals surface area (Å²) in [6.07, 6.45) is 5.97. The van der Waals surface area contributed by atoms with E-state index in [0.29, 0.717) is 11.7 Å². The Kier molecular flexibility index (Phi) is 4.29. The number of nitro benzene ring substituents is 1. The van der Waals surface area contributed by atoms with Crippen molar-refractivity contribution in [1.29, 1.82) is 0 Å². The van der Waals surface area contributed by atoms with Crippen molar-refractivity contribution in [2.75, 3.05) is 25.0 Å². The van der Waals surface area contributed by atoms with E-state index in [0.717, 1.165) is 38.0 Å². The van der Waals surface area contributed by atoms with E-state index >= 15 is 0 Å². The van der Waals surface area contributed by atoms with Gasteiger partial charge in [-0.25, -0.2) is 4.39 Å². The van der Waals surface area contributed by atoms with Gasteiger partial charge in [-0.2, -0.15) is 0 Å². The lowest BCUT2D eigenvalue weighted by molar-refractivity contribution is -0.385. The van der Waals surface area contributed by atoms with E-state index < -0.39 is 10.7 Å². The summed E-state index contributed by atoms with van der Waals surface area (Å²) in [5.74, 6) is -0.500. The maximum atomic E-state index is 14.1. The van der Waals surface area contributed by atoms with Crippen molar-refractivity contribution in [1.82, 2.24) is 4.90 Å². The largest absolute Gasteiger partial charge is 0.369 e. The first-order chi connectivity index (χ1) is 10.6. The number of nitro groups is 1. The molecule has 0 amide bonds. The van der Waals surface area contributed by atoms with Gasteiger partial charge in [0.25, 0.3) is 5.69 Å². The van der Waals surface area contributed by atoms with Crippen LogP contribution < -0.4 is 4.90 Å². The van der Waals surface area contributed by atoms with Crippen molar-refractivity contribution < 1.29 is 9.31 Å². The van der Waals surface area contributed by atoms with Gasteiger partial charge in [-0.3, -0.25) is 10.1 Å². The summed E-state index contributed by atoms with van der Waals surface area (Å²) in [7, 11) is 2.20. The van der Waals surface area contributed by atoms with Crippen LogP contribution in [-0.2, 0) is 0 Å². The van der Waals surface area contributed by atoms with Gasteiger partial charge in [0.1, 0.15) is 0 Å². The number of piperidine rings is 1. The number of halogens is 1. The lowest BCUT2D eigenvalue weighted by Gasteiger charge is -2.44. The maximum Gasteiger partial charge on any atom is 0.272 e. The lowest BCUT2D eigenvalue weighted by Crippen LogP contribution is -2.49. The molecule has 0 unspecified atom stereocenters. The van der Waals surface area contributed by atoms with Gasteiger partial charge >= 0.3 is 0 Å². The number of hydrogen-bond acceptors (Lipinski definition) is 4. The zero-order valence-corrected chi connectivity index (χ0v) is 12.9. The smallest absolute Gasteiger partial charge is 0.272 e. The molecule has 22 heavy (non-hydrogen) atoms. The zero-order chi connectivity index (χ0) is 15.7. The number of benzene rings is 1. The van der Waals surface area contributed by atoms with Gasteiger partial charge in [0.15, 0.2) is 5.82 Å². The first kappa shape index (κ1) is 15.2. The van der Waals surface area contributed by atoms with Crippen LogP contribution in [0.25, 0.3) is 0 Å². The fourth-order valence-corrected chi connectivity index (χ4v) is 3.47. The van der Waals surface area contributed by atoms with Crippen LogP contribution in [0.5, 0.6) is 0 Å². The van der Waals surface area contributed by atoms with Crippen molar-refractivity contribution in [3.05, 3.63) is 34.1 Å². The van der Waals surface area contributed by atoms with E-state index in [2.05, 4.69) is 11.9 Å². The molecule has 0 radical (unpaired) electrons. The molecule has 1 saturated heterocycles. The van der Waals surface area contributed by atoms with Gasteiger partial charge in [0.2, 0.25) is 0 Å². The Balaban J connectivity index is 1.62. The molecular formula is C16H22FN3O2. The number of non-ortho nitro benzene ring substituents is 1. The Morgan fingerprint density at radius 3 is 2.36 bits per heavy atom. The summed E-state index contributed by atoms with van der Waals surface area (Å²) in [6.45, 7) is 1.60. The van der Waals surface area contributed by atoms with Crippen LogP contribution in [0, 0.1) is 15.9 Å². The van der Waals surface area contributed by atoms with Crippen LogP contribution in [-0.4, -0.2) is 42.0 Å². The second kappa shape index (κ2) is 6.20. The molecule has 0 aromatic heterocycles. The van der Waals surface area contributed by atoms with Crippen molar-refractivity contribution in [3.8, 4) is 0 Å². The van der Waals surface area contributed by atoms with Gasteiger partial charge in [0.05, 0.1) is 16.7 Å². The molecule has 6 heteroatoms. The summed E-state index contributed by atoms with van der Waals surface area (Å²) in [4.78, 5) is 14.6. The van der Waals surface area contributed by atoms with E-state index in [1.54, 1.807) is 0 Å². The third-order valence-electron chi connectivity index (χ3n) is 5.17. The second-order valence-corrected chi connectivity index (χ2v) is 6.36.